The summed E-state index contributed by atoms with van der Waals surface area (Å²) in [7, 11) is 0. The number of ketones is 1. The molecule has 0 saturated carbocycles. The SMILES string of the molecule is CCCCCC(=O)C=CC(=O)O. The molecule has 0 atom stereocenters. The van der Waals surface area contributed by atoms with Gasteiger partial charge in [0.1, 0.15) is 0 Å². The Bertz CT molecular complexity index is 182. The van der Waals surface area contributed by atoms with Crippen LogP contribution in [0.3, 0.4) is 0 Å². The fourth-order valence-corrected chi connectivity index (χ4v) is 0.797. The molecule has 0 saturated heterocycles. The van der Waals surface area contributed by atoms with Crippen LogP contribution in [0.25, 0.3) is 0 Å². The predicted molar refractivity (Wildman–Crippen MR) is 45.9 cm³/mol. The topological polar surface area (TPSA) is 54.4 Å². The summed E-state index contributed by atoms with van der Waals surface area (Å²) in [5.74, 6) is -1.18. The van der Waals surface area contributed by atoms with E-state index in [4.69, 9.17) is 5.11 Å². The zero-order chi connectivity index (χ0) is 9.40. The minimum absolute atomic E-state index is 0.106. The van der Waals surface area contributed by atoms with Crippen LogP contribution in [-0.4, -0.2) is 16.9 Å². The first-order valence-corrected chi connectivity index (χ1v) is 4.10. The number of carboxylic acids is 1. The van der Waals surface area contributed by atoms with Gasteiger partial charge in [0, 0.05) is 12.5 Å². The molecular weight excluding hydrogens is 156 g/mol. The zero-order valence-electron chi connectivity index (χ0n) is 7.25. The van der Waals surface area contributed by atoms with Crippen molar-refractivity contribution in [2.24, 2.45) is 0 Å². The summed E-state index contributed by atoms with van der Waals surface area (Å²) in [6, 6.07) is 0. The second kappa shape index (κ2) is 6.58. The third-order valence-electron chi connectivity index (χ3n) is 1.44. The van der Waals surface area contributed by atoms with Gasteiger partial charge in [0.2, 0.25) is 0 Å². The van der Waals surface area contributed by atoms with Gasteiger partial charge in [-0.1, -0.05) is 19.8 Å². The Hall–Kier alpha value is -1.12. The fourth-order valence-electron chi connectivity index (χ4n) is 0.797. The molecule has 0 unspecified atom stereocenters. The van der Waals surface area contributed by atoms with Gasteiger partial charge in [0.25, 0.3) is 0 Å². The lowest BCUT2D eigenvalue weighted by molar-refractivity contribution is -0.131. The molecule has 0 heterocycles. The Kier molecular flexibility index (Phi) is 5.97. The number of aliphatic carboxylic acids is 1. The summed E-state index contributed by atoms with van der Waals surface area (Å²) in [6.07, 6.45) is 5.39. The van der Waals surface area contributed by atoms with E-state index < -0.39 is 5.97 Å². The van der Waals surface area contributed by atoms with Crippen LogP contribution in [-0.2, 0) is 9.59 Å². The van der Waals surface area contributed by atoms with Gasteiger partial charge in [-0.3, -0.25) is 4.79 Å². The lowest BCUT2D eigenvalue weighted by Gasteiger charge is -1.92. The van der Waals surface area contributed by atoms with Crippen molar-refractivity contribution in [3.63, 3.8) is 0 Å². The summed E-state index contributed by atoms with van der Waals surface area (Å²) in [4.78, 5) is 20.9. The molecule has 0 aromatic rings. The third kappa shape index (κ3) is 6.99. The molecule has 0 spiro atoms. The lowest BCUT2D eigenvalue weighted by atomic mass is 10.1. The maximum absolute atomic E-state index is 10.9. The number of rotatable bonds is 6. The van der Waals surface area contributed by atoms with Crippen LogP contribution in [0.15, 0.2) is 12.2 Å². The summed E-state index contributed by atoms with van der Waals surface area (Å²) < 4.78 is 0. The van der Waals surface area contributed by atoms with Gasteiger partial charge in [-0.2, -0.15) is 0 Å². The van der Waals surface area contributed by atoms with Crippen LogP contribution in [0.1, 0.15) is 32.6 Å². The summed E-state index contributed by atoms with van der Waals surface area (Å²) >= 11 is 0. The van der Waals surface area contributed by atoms with Gasteiger partial charge in [-0.05, 0) is 12.5 Å². The van der Waals surface area contributed by atoms with Crippen molar-refractivity contribution >= 4 is 11.8 Å². The largest absolute Gasteiger partial charge is 0.478 e. The summed E-state index contributed by atoms with van der Waals surface area (Å²) in [5, 5.41) is 8.19. The Labute approximate surface area is 72.1 Å². The van der Waals surface area contributed by atoms with E-state index in [2.05, 4.69) is 6.92 Å². The average molecular weight is 170 g/mol. The Morgan fingerprint density at radius 2 is 1.92 bits per heavy atom. The minimum atomic E-state index is -1.07. The summed E-state index contributed by atoms with van der Waals surface area (Å²) in [6.45, 7) is 2.05. The third-order valence-corrected chi connectivity index (χ3v) is 1.44. The molecule has 0 radical (unpaired) electrons. The van der Waals surface area contributed by atoms with Crippen molar-refractivity contribution in [2.75, 3.05) is 0 Å². The van der Waals surface area contributed by atoms with Gasteiger partial charge in [0.05, 0.1) is 0 Å². The van der Waals surface area contributed by atoms with E-state index in [-0.39, 0.29) is 5.78 Å². The molecule has 12 heavy (non-hydrogen) atoms. The highest BCUT2D eigenvalue weighted by Gasteiger charge is 1.96. The molecule has 0 rings (SSSR count). The van der Waals surface area contributed by atoms with Crippen LogP contribution < -0.4 is 0 Å². The van der Waals surface area contributed by atoms with Crippen LogP contribution >= 0.6 is 0 Å². The average Bonchev–Trinajstić information content (AvgIpc) is 2.01. The highest BCUT2D eigenvalue weighted by atomic mass is 16.4. The number of allylic oxidation sites excluding steroid dienone is 1. The maximum atomic E-state index is 10.9. The molecule has 0 aromatic carbocycles. The second-order valence-corrected chi connectivity index (χ2v) is 2.59. The number of carboxylic acid groups (broad SMARTS) is 1. The van der Waals surface area contributed by atoms with E-state index in [1.165, 1.54) is 0 Å². The highest BCUT2D eigenvalue weighted by Crippen LogP contribution is 1.99. The first kappa shape index (κ1) is 10.9. The molecule has 0 aliphatic carbocycles. The normalized spacial score (nSPS) is 10.4. The van der Waals surface area contributed by atoms with E-state index in [0.717, 1.165) is 31.4 Å². The van der Waals surface area contributed by atoms with Crippen molar-refractivity contribution in [1.82, 2.24) is 0 Å². The number of unbranched alkanes of at least 4 members (excludes halogenated alkanes) is 2. The van der Waals surface area contributed by atoms with Crippen molar-refractivity contribution in [3.05, 3.63) is 12.2 Å². The Balaban J connectivity index is 3.53. The molecule has 0 aliphatic heterocycles. The molecule has 0 aromatic heterocycles. The standard InChI is InChI=1S/C9H14O3/c1-2-3-4-5-8(10)6-7-9(11)12/h6-7H,2-5H2,1H3,(H,11,12). The highest BCUT2D eigenvalue weighted by molar-refractivity contribution is 5.95. The van der Waals surface area contributed by atoms with Crippen LogP contribution in [0.5, 0.6) is 0 Å². The van der Waals surface area contributed by atoms with Gasteiger partial charge >= 0.3 is 5.97 Å². The van der Waals surface area contributed by atoms with Gasteiger partial charge in [0.15, 0.2) is 5.78 Å². The van der Waals surface area contributed by atoms with Crippen molar-refractivity contribution in [2.45, 2.75) is 32.6 Å². The van der Waals surface area contributed by atoms with Crippen molar-refractivity contribution in [3.8, 4) is 0 Å². The molecule has 3 heteroatoms. The van der Waals surface area contributed by atoms with E-state index in [9.17, 15) is 9.59 Å². The van der Waals surface area contributed by atoms with E-state index in [1.54, 1.807) is 0 Å². The Morgan fingerprint density at radius 1 is 1.25 bits per heavy atom. The zero-order valence-corrected chi connectivity index (χ0v) is 7.25. The van der Waals surface area contributed by atoms with Gasteiger partial charge in [-0.25, -0.2) is 4.79 Å². The fraction of sp³-hybridized carbons (Fsp3) is 0.556. The maximum Gasteiger partial charge on any atom is 0.328 e. The van der Waals surface area contributed by atoms with Crippen LogP contribution in [0, 0.1) is 0 Å². The number of carbonyl (C=O) groups is 2. The Morgan fingerprint density at radius 3 is 2.42 bits per heavy atom. The van der Waals surface area contributed by atoms with Crippen molar-refractivity contribution in [1.29, 1.82) is 0 Å². The molecule has 1 N–H and O–H groups in total. The lowest BCUT2D eigenvalue weighted by Crippen LogP contribution is -1.95. The second-order valence-electron chi connectivity index (χ2n) is 2.59. The first-order valence-electron chi connectivity index (χ1n) is 4.10. The number of hydrogen-bond acceptors (Lipinski definition) is 2. The monoisotopic (exact) mass is 170 g/mol. The smallest absolute Gasteiger partial charge is 0.328 e. The van der Waals surface area contributed by atoms with Crippen LogP contribution in [0.2, 0.25) is 0 Å². The van der Waals surface area contributed by atoms with Crippen LogP contribution in [0.4, 0.5) is 0 Å². The molecule has 0 amide bonds. The number of hydrogen-bond donors (Lipinski definition) is 1. The van der Waals surface area contributed by atoms with E-state index >= 15 is 0 Å². The molecule has 0 fully saturated rings. The van der Waals surface area contributed by atoms with E-state index in [0.29, 0.717) is 6.42 Å². The summed E-state index contributed by atoms with van der Waals surface area (Å²) in [5.41, 5.74) is 0. The predicted octanol–water partition coefficient (Wildman–Crippen LogP) is 1.78. The first-order chi connectivity index (χ1) is 5.66. The molecular formula is C9H14O3. The minimum Gasteiger partial charge on any atom is -0.478 e. The molecule has 0 bridgehead atoms. The van der Waals surface area contributed by atoms with Crippen molar-refractivity contribution < 1.29 is 14.7 Å². The van der Waals surface area contributed by atoms with Gasteiger partial charge < -0.3 is 5.11 Å². The number of carbonyl (C=O) groups excluding carboxylic acids is 1. The van der Waals surface area contributed by atoms with Gasteiger partial charge in [-0.15, -0.1) is 0 Å². The molecule has 0 aliphatic rings. The quantitative estimate of drug-likeness (QED) is 0.488. The molecule has 3 nitrogen and oxygen atoms in total. The molecule has 68 valence electrons. The van der Waals surface area contributed by atoms with E-state index in [1.807, 2.05) is 0 Å².